The second kappa shape index (κ2) is 11.2. The van der Waals surface area contributed by atoms with Crippen molar-refractivity contribution in [2.45, 2.75) is 18.5 Å². The summed E-state index contributed by atoms with van der Waals surface area (Å²) in [6, 6.07) is 52.6. The van der Waals surface area contributed by atoms with Crippen molar-refractivity contribution in [3.8, 4) is 11.1 Å². The van der Waals surface area contributed by atoms with Crippen LogP contribution in [0.25, 0.3) is 76.9 Å². The Balaban J connectivity index is 1.04. The molecule has 51 heavy (non-hydrogen) atoms. The van der Waals surface area contributed by atoms with Gasteiger partial charge in [-0.05, 0) is 35.4 Å². The molecule has 244 valence electrons. The summed E-state index contributed by atoms with van der Waals surface area (Å²) in [6.07, 6.45) is -0.604. The quantitative estimate of drug-likeness (QED) is 0.174. The molecule has 0 spiro atoms. The highest BCUT2D eigenvalue weighted by molar-refractivity contribution is 6.12. The van der Waals surface area contributed by atoms with Gasteiger partial charge in [-0.2, -0.15) is 0 Å². The predicted octanol–water partition coefficient (Wildman–Crippen LogP) is 11.2. The smallest absolute Gasteiger partial charge is 0.143 e. The molecule has 1 fully saturated rings. The lowest BCUT2D eigenvalue weighted by Gasteiger charge is -2.39. The Morgan fingerprint density at radius 1 is 0.353 bits per heavy atom. The molecule has 6 heteroatoms. The van der Waals surface area contributed by atoms with Crippen molar-refractivity contribution >= 4 is 65.8 Å². The van der Waals surface area contributed by atoms with Crippen molar-refractivity contribution in [2.24, 2.45) is 0 Å². The molecule has 4 heterocycles. The van der Waals surface area contributed by atoms with Crippen LogP contribution in [0.3, 0.4) is 0 Å². The molecular formula is C45H31N3O3. The zero-order valence-corrected chi connectivity index (χ0v) is 27.4. The van der Waals surface area contributed by atoms with Crippen LogP contribution in [0.15, 0.2) is 165 Å². The second-order valence-electron chi connectivity index (χ2n) is 13.3. The lowest BCUT2D eigenvalue weighted by atomic mass is 9.99. The first kappa shape index (κ1) is 28.6. The van der Waals surface area contributed by atoms with E-state index in [0.717, 1.165) is 93.6 Å². The zero-order valence-electron chi connectivity index (χ0n) is 27.4. The molecule has 0 amide bonds. The third-order valence-corrected chi connectivity index (χ3v) is 10.4. The summed E-state index contributed by atoms with van der Waals surface area (Å²) in [6.45, 7) is 0. The summed E-state index contributed by atoms with van der Waals surface area (Å²) in [4.78, 5) is 0. The maximum atomic E-state index is 6.71. The van der Waals surface area contributed by atoms with Crippen LogP contribution in [0.5, 0.6) is 0 Å². The first-order valence-electron chi connectivity index (χ1n) is 17.4. The van der Waals surface area contributed by atoms with Crippen molar-refractivity contribution in [1.82, 2.24) is 16.0 Å². The van der Waals surface area contributed by atoms with Crippen LogP contribution < -0.4 is 16.0 Å². The number of furan rings is 3. The molecule has 3 unspecified atom stereocenters. The normalized spacial score (nSPS) is 18.2. The molecule has 3 atom stereocenters. The number of para-hydroxylation sites is 5. The maximum Gasteiger partial charge on any atom is 0.143 e. The summed E-state index contributed by atoms with van der Waals surface area (Å²) in [5.74, 6) is 0. The van der Waals surface area contributed by atoms with Crippen LogP contribution in [0, 0.1) is 0 Å². The van der Waals surface area contributed by atoms with Crippen LogP contribution in [0.2, 0.25) is 0 Å². The minimum Gasteiger partial charge on any atom is -0.456 e. The molecule has 3 N–H and O–H groups in total. The molecule has 1 saturated heterocycles. The van der Waals surface area contributed by atoms with E-state index < -0.39 is 0 Å². The van der Waals surface area contributed by atoms with Gasteiger partial charge in [0.05, 0.1) is 18.5 Å². The Bertz CT molecular complexity index is 2940. The van der Waals surface area contributed by atoms with Crippen molar-refractivity contribution in [2.75, 3.05) is 0 Å². The molecule has 1 aliphatic heterocycles. The largest absolute Gasteiger partial charge is 0.456 e. The first-order valence-corrected chi connectivity index (χ1v) is 17.4. The van der Waals surface area contributed by atoms with Crippen LogP contribution in [-0.2, 0) is 0 Å². The number of nitrogens with one attached hydrogen (secondary N) is 3. The van der Waals surface area contributed by atoms with Gasteiger partial charge >= 0.3 is 0 Å². The Morgan fingerprint density at radius 2 is 0.843 bits per heavy atom. The number of hydrogen-bond donors (Lipinski definition) is 3. The number of fused-ring (bicyclic) bond motifs is 9. The number of hydrogen-bond acceptors (Lipinski definition) is 6. The summed E-state index contributed by atoms with van der Waals surface area (Å²) < 4.78 is 19.6. The summed E-state index contributed by atoms with van der Waals surface area (Å²) >= 11 is 0. The van der Waals surface area contributed by atoms with E-state index in [1.807, 2.05) is 30.3 Å². The van der Waals surface area contributed by atoms with Gasteiger partial charge in [-0.15, -0.1) is 0 Å². The standard InChI is InChI=1S/C45H31N3O3/c1-2-11-26(12-3-1)43-46-44(34-19-9-17-32-30-14-5-7-22-38(30)50-41(32)34)48-45(47-43)35-20-10-18-33-36-25-27(23-24-39(36)51-42(33)35)28-15-8-16-31-29-13-4-6-21-37(29)49-40(28)31/h1-25,43-48H. The highest BCUT2D eigenvalue weighted by Crippen LogP contribution is 2.41. The van der Waals surface area contributed by atoms with Gasteiger partial charge < -0.3 is 13.3 Å². The van der Waals surface area contributed by atoms with Crippen LogP contribution in [0.4, 0.5) is 0 Å². The van der Waals surface area contributed by atoms with Gasteiger partial charge in [0.25, 0.3) is 0 Å². The molecule has 7 aromatic carbocycles. The molecule has 0 bridgehead atoms. The molecule has 1 aliphatic rings. The molecule has 6 nitrogen and oxygen atoms in total. The minimum atomic E-state index is -0.242. The molecule has 3 aromatic heterocycles. The molecule has 0 aliphatic carbocycles. The average Bonchev–Trinajstić information content (AvgIpc) is 3.89. The van der Waals surface area contributed by atoms with Gasteiger partial charge in [0.2, 0.25) is 0 Å². The predicted molar refractivity (Wildman–Crippen MR) is 204 cm³/mol. The summed E-state index contributed by atoms with van der Waals surface area (Å²) in [5, 5.41) is 18.1. The highest BCUT2D eigenvalue weighted by Gasteiger charge is 2.33. The van der Waals surface area contributed by atoms with Gasteiger partial charge in [-0.1, -0.05) is 127 Å². The van der Waals surface area contributed by atoms with E-state index in [4.69, 9.17) is 13.3 Å². The minimum absolute atomic E-state index is 0.141. The van der Waals surface area contributed by atoms with Crippen LogP contribution in [0.1, 0.15) is 35.2 Å². The van der Waals surface area contributed by atoms with Crippen molar-refractivity contribution < 1.29 is 13.3 Å². The van der Waals surface area contributed by atoms with E-state index in [9.17, 15) is 0 Å². The van der Waals surface area contributed by atoms with Crippen LogP contribution in [-0.4, -0.2) is 0 Å². The Kier molecular flexibility index (Phi) is 6.27. The molecule has 10 aromatic rings. The van der Waals surface area contributed by atoms with E-state index in [0.29, 0.717) is 0 Å². The lowest BCUT2D eigenvalue weighted by molar-refractivity contribution is 0.203. The molecule has 0 radical (unpaired) electrons. The fraction of sp³-hybridized carbons (Fsp3) is 0.0667. The van der Waals surface area contributed by atoms with Crippen molar-refractivity contribution in [3.05, 3.63) is 168 Å². The molecule has 11 rings (SSSR count). The van der Waals surface area contributed by atoms with E-state index in [2.05, 4.69) is 137 Å². The summed E-state index contributed by atoms with van der Waals surface area (Å²) in [5.41, 5.74) is 10.6. The number of rotatable bonds is 4. The Morgan fingerprint density at radius 3 is 1.51 bits per heavy atom. The van der Waals surface area contributed by atoms with Crippen molar-refractivity contribution in [1.29, 1.82) is 0 Å². The fourth-order valence-electron chi connectivity index (χ4n) is 8.03. The monoisotopic (exact) mass is 661 g/mol. The third kappa shape index (κ3) is 4.48. The molecular weight excluding hydrogens is 631 g/mol. The number of benzene rings is 7. The average molecular weight is 662 g/mol. The highest BCUT2D eigenvalue weighted by atomic mass is 16.3. The Hall–Kier alpha value is -6.18. The van der Waals surface area contributed by atoms with Gasteiger partial charge in [-0.3, -0.25) is 16.0 Å². The van der Waals surface area contributed by atoms with E-state index in [1.165, 1.54) is 0 Å². The summed E-state index contributed by atoms with van der Waals surface area (Å²) in [7, 11) is 0. The fourth-order valence-corrected chi connectivity index (χ4v) is 8.03. The third-order valence-electron chi connectivity index (χ3n) is 10.4. The zero-order chi connectivity index (χ0) is 33.5. The topological polar surface area (TPSA) is 75.5 Å². The SMILES string of the molecule is c1ccc(C2NC(c3cccc4c3oc3ccccc34)NC(c3cccc4c3oc3ccc(-c5cccc6c5oc5ccccc56)cc34)N2)cc1. The van der Waals surface area contributed by atoms with Crippen molar-refractivity contribution in [3.63, 3.8) is 0 Å². The van der Waals surface area contributed by atoms with Gasteiger partial charge in [0.1, 0.15) is 33.5 Å². The van der Waals surface area contributed by atoms with Crippen LogP contribution >= 0.6 is 0 Å². The van der Waals surface area contributed by atoms with E-state index in [1.54, 1.807) is 0 Å². The lowest BCUT2D eigenvalue weighted by Crippen LogP contribution is -2.54. The maximum absolute atomic E-state index is 6.71. The molecule has 0 saturated carbocycles. The Labute approximate surface area is 292 Å². The van der Waals surface area contributed by atoms with E-state index >= 15 is 0 Å². The first-order chi connectivity index (χ1) is 25.3. The van der Waals surface area contributed by atoms with Gasteiger partial charge in [0.15, 0.2) is 0 Å². The second-order valence-corrected chi connectivity index (χ2v) is 13.3. The van der Waals surface area contributed by atoms with Gasteiger partial charge in [-0.25, -0.2) is 0 Å². The van der Waals surface area contributed by atoms with Gasteiger partial charge in [0, 0.05) is 49.0 Å². The van der Waals surface area contributed by atoms with E-state index in [-0.39, 0.29) is 18.5 Å².